The van der Waals surface area contributed by atoms with Crippen molar-refractivity contribution in [1.29, 1.82) is 0 Å². The van der Waals surface area contributed by atoms with Crippen molar-refractivity contribution in [2.75, 3.05) is 43.5 Å². The van der Waals surface area contributed by atoms with Crippen LogP contribution in [0.4, 0.5) is 15.3 Å². The lowest BCUT2D eigenvalue weighted by molar-refractivity contribution is -0.137. The van der Waals surface area contributed by atoms with E-state index in [1.54, 1.807) is 32.4 Å². The molecule has 1 aromatic carbocycles. The lowest BCUT2D eigenvalue weighted by atomic mass is 10.1. The van der Waals surface area contributed by atoms with Gasteiger partial charge in [-0.2, -0.15) is 11.8 Å². The third-order valence-corrected chi connectivity index (χ3v) is 7.75. The molecule has 4 rings (SSSR count). The van der Waals surface area contributed by atoms with Gasteiger partial charge >= 0.3 is 12.1 Å². The van der Waals surface area contributed by atoms with Crippen LogP contribution >= 0.6 is 34.4 Å². The Bertz CT molecular complexity index is 1070. The molecule has 35 heavy (non-hydrogen) atoms. The fraction of sp³-hybridized carbons (Fsp3) is 0.478. The van der Waals surface area contributed by atoms with Crippen LogP contribution < -0.4 is 10.6 Å². The lowest BCUT2D eigenvalue weighted by Crippen LogP contribution is -2.58. The SMILES string of the molecule is CSCC[C@@H](NC(=O)Nc1ccc(CI)cc1)C(=O)N1CCN(N2Cc3cnc(C)n3C2=O)CC1. The minimum Gasteiger partial charge on any atom is -0.338 e. The Kier molecular flexibility index (Phi) is 8.55. The average molecular weight is 612 g/mol. The van der Waals surface area contributed by atoms with Crippen LogP contribution in [0.1, 0.15) is 23.5 Å². The van der Waals surface area contributed by atoms with Crippen LogP contribution in [0.2, 0.25) is 0 Å². The number of urea groups is 1. The summed E-state index contributed by atoms with van der Waals surface area (Å²) in [6, 6.07) is 6.57. The quantitative estimate of drug-likeness (QED) is 0.352. The second kappa shape index (κ2) is 11.6. The molecular formula is C23H30IN7O3S. The second-order valence-electron chi connectivity index (χ2n) is 8.51. The molecule has 1 atom stereocenters. The van der Waals surface area contributed by atoms with Crippen molar-refractivity contribution < 1.29 is 14.4 Å². The second-order valence-corrected chi connectivity index (χ2v) is 10.3. The molecule has 1 aromatic heterocycles. The molecule has 0 aliphatic carbocycles. The molecule has 1 saturated heterocycles. The van der Waals surface area contributed by atoms with Crippen LogP contribution in [0.5, 0.6) is 0 Å². The van der Waals surface area contributed by atoms with Crippen molar-refractivity contribution in [3.05, 3.63) is 47.5 Å². The number of alkyl halides is 1. The van der Waals surface area contributed by atoms with Gasteiger partial charge in [-0.15, -0.1) is 0 Å². The summed E-state index contributed by atoms with van der Waals surface area (Å²) in [5, 5.41) is 9.42. The largest absolute Gasteiger partial charge is 0.344 e. The molecule has 188 valence electrons. The number of amides is 4. The molecule has 2 aliphatic rings. The molecule has 0 spiro atoms. The van der Waals surface area contributed by atoms with Crippen molar-refractivity contribution >= 4 is 58.0 Å². The van der Waals surface area contributed by atoms with Crippen LogP contribution in [-0.2, 0) is 15.8 Å². The number of aryl methyl sites for hydroxylation is 1. The van der Waals surface area contributed by atoms with E-state index in [0.717, 1.165) is 15.9 Å². The van der Waals surface area contributed by atoms with Gasteiger partial charge in [0.25, 0.3) is 0 Å². The molecule has 0 unspecified atom stereocenters. The summed E-state index contributed by atoms with van der Waals surface area (Å²) in [6.45, 7) is 4.40. The maximum absolute atomic E-state index is 13.3. The van der Waals surface area contributed by atoms with Crippen LogP contribution in [0.3, 0.4) is 0 Å². The zero-order valence-corrected chi connectivity index (χ0v) is 22.8. The first-order chi connectivity index (χ1) is 16.9. The Morgan fingerprint density at radius 1 is 1.17 bits per heavy atom. The molecule has 12 heteroatoms. The number of nitrogens with zero attached hydrogens (tertiary/aromatic N) is 5. The normalized spacial score (nSPS) is 16.8. The fourth-order valence-electron chi connectivity index (χ4n) is 4.30. The number of aromatic nitrogens is 2. The zero-order chi connectivity index (χ0) is 24.9. The van der Waals surface area contributed by atoms with E-state index in [-0.39, 0.29) is 18.0 Å². The van der Waals surface area contributed by atoms with Gasteiger partial charge in [-0.3, -0.25) is 9.80 Å². The van der Waals surface area contributed by atoms with Gasteiger partial charge in [-0.25, -0.2) is 24.1 Å². The van der Waals surface area contributed by atoms with Gasteiger partial charge in [0.1, 0.15) is 11.9 Å². The van der Waals surface area contributed by atoms with Gasteiger partial charge < -0.3 is 15.5 Å². The van der Waals surface area contributed by atoms with Gasteiger partial charge in [0, 0.05) is 36.3 Å². The molecule has 4 amide bonds. The average Bonchev–Trinajstić information content (AvgIpc) is 3.41. The Morgan fingerprint density at radius 2 is 1.89 bits per heavy atom. The molecule has 2 aromatic rings. The number of carbonyl (C=O) groups excluding carboxylic acids is 3. The van der Waals surface area contributed by atoms with Crippen molar-refractivity contribution in [1.82, 2.24) is 29.8 Å². The highest BCUT2D eigenvalue weighted by molar-refractivity contribution is 14.1. The number of carbonyl (C=O) groups is 3. The summed E-state index contributed by atoms with van der Waals surface area (Å²) in [6.07, 6.45) is 4.26. The van der Waals surface area contributed by atoms with E-state index in [1.807, 2.05) is 42.5 Å². The van der Waals surface area contributed by atoms with Gasteiger partial charge in [0.2, 0.25) is 5.91 Å². The number of benzene rings is 1. The maximum Gasteiger partial charge on any atom is 0.344 e. The third-order valence-electron chi connectivity index (χ3n) is 6.22. The minimum atomic E-state index is -0.606. The standard InChI is InChI=1S/C23H30IN7O3S/c1-16-25-14-19-15-30(23(34)31(16)19)29-10-8-28(9-11-29)21(32)20(7-12-35-2)27-22(33)26-18-5-3-17(13-24)4-6-18/h3-6,14,20H,7-13,15H2,1-2H3,(H2,26,27,33)/t20-/m1/s1. The van der Waals surface area contributed by atoms with Gasteiger partial charge in [0.15, 0.2) is 0 Å². The fourth-order valence-corrected chi connectivity index (χ4v) is 5.28. The molecule has 3 heterocycles. The number of hydrazine groups is 1. The van der Waals surface area contributed by atoms with Crippen LogP contribution in [0.25, 0.3) is 0 Å². The molecule has 0 bridgehead atoms. The molecule has 1 fully saturated rings. The van der Waals surface area contributed by atoms with Crippen LogP contribution in [0, 0.1) is 6.92 Å². The molecule has 10 nitrogen and oxygen atoms in total. The van der Waals surface area contributed by atoms with Crippen molar-refractivity contribution in [3.63, 3.8) is 0 Å². The summed E-state index contributed by atoms with van der Waals surface area (Å²) in [4.78, 5) is 44.7. The van der Waals surface area contributed by atoms with E-state index in [9.17, 15) is 14.4 Å². The number of nitrogens with one attached hydrogen (secondary N) is 2. The van der Waals surface area contributed by atoms with E-state index in [4.69, 9.17) is 0 Å². The zero-order valence-electron chi connectivity index (χ0n) is 19.9. The predicted molar refractivity (Wildman–Crippen MR) is 145 cm³/mol. The summed E-state index contributed by atoms with van der Waals surface area (Å²) in [7, 11) is 0. The number of thioether (sulfide) groups is 1. The van der Waals surface area contributed by atoms with Crippen molar-refractivity contribution in [3.8, 4) is 0 Å². The molecule has 0 saturated carbocycles. The lowest BCUT2D eigenvalue weighted by Gasteiger charge is -2.39. The highest BCUT2D eigenvalue weighted by atomic mass is 127. The smallest absolute Gasteiger partial charge is 0.338 e. The topological polar surface area (TPSA) is 103 Å². The van der Waals surface area contributed by atoms with Gasteiger partial charge in [0.05, 0.1) is 18.4 Å². The van der Waals surface area contributed by atoms with Gasteiger partial charge in [-0.05, 0) is 43.0 Å². The van der Waals surface area contributed by atoms with E-state index in [1.165, 1.54) is 5.56 Å². The predicted octanol–water partition coefficient (Wildman–Crippen LogP) is 2.91. The minimum absolute atomic E-state index is 0.0897. The number of imidazole rings is 1. The number of rotatable bonds is 8. The van der Waals surface area contributed by atoms with E-state index in [2.05, 4.69) is 38.2 Å². The highest BCUT2D eigenvalue weighted by Gasteiger charge is 2.36. The first kappa shape index (κ1) is 25.8. The van der Waals surface area contributed by atoms with Crippen molar-refractivity contribution in [2.45, 2.75) is 30.4 Å². The van der Waals surface area contributed by atoms with E-state index >= 15 is 0 Å². The Morgan fingerprint density at radius 3 is 2.51 bits per heavy atom. The Balaban J connectivity index is 1.32. The summed E-state index contributed by atoms with van der Waals surface area (Å²) in [5.74, 6) is 1.35. The molecule has 2 aliphatic heterocycles. The number of fused-ring (bicyclic) bond motifs is 1. The first-order valence-corrected chi connectivity index (χ1v) is 14.4. The van der Waals surface area contributed by atoms with E-state index in [0.29, 0.717) is 50.7 Å². The molecular weight excluding hydrogens is 581 g/mol. The molecule has 2 N–H and O–H groups in total. The Labute approximate surface area is 222 Å². The number of hydrogen-bond acceptors (Lipinski definition) is 6. The first-order valence-electron chi connectivity index (χ1n) is 11.5. The van der Waals surface area contributed by atoms with Crippen molar-refractivity contribution in [2.24, 2.45) is 0 Å². The van der Waals surface area contributed by atoms with E-state index < -0.39 is 6.04 Å². The van der Waals surface area contributed by atoms with Crippen LogP contribution in [0.15, 0.2) is 30.5 Å². The maximum atomic E-state index is 13.3. The van der Waals surface area contributed by atoms with Gasteiger partial charge in [-0.1, -0.05) is 34.7 Å². The third kappa shape index (κ3) is 5.92. The summed E-state index contributed by atoms with van der Waals surface area (Å²) >= 11 is 3.93. The number of anilines is 1. The highest BCUT2D eigenvalue weighted by Crippen LogP contribution is 2.21. The Hall–Kier alpha value is -2.32. The summed E-state index contributed by atoms with van der Waals surface area (Å²) < 4.78 is 2.53. The van der Waals surface area contributed by atoms with Crippen LogP contribution in [-0.4, -0.2) is 86.7 Å². The number of hydrogen-bond donors (Lipinski definition) is 2. The summed E-state index contributed by atoms with van der Waals surface area (Å²) in [5.41, 5.74) is 2.74. The molecule has 0 radical (unpaired) electrons. The number of halogens is 1. The number of piperazine rings is 1. The monoisotopic (exact) mass is 611 g/mol.